The molecule has 0 N–H and O–H groups in total. The van der Waals surface area contributed by atoms with Crippen LogP contribution in [-0.4, -0.2) is 54.9 Å². The predicted molar refractivity (Wildman–Crippen MR) is 51.7 cm³/mol. The van der Waals surface area contributed by atoms with Gasteiger partial charge in [0.2, 0.25) is 5.91 Å². The molecule has 0 atom stereocenters. The van der Waals surface area contributed by atoms with E-state index in [-0.39, 0.29) is 5.91 Å². The summed E-state index contributed by atoms with van der Waals surface area (Å²) in [4.78, 5) is 14.2. The van der Waals surface area contributed by atoms with E-state index in [4.69, 9.17) is 0 Å². The fraction of sp³-hybridized carbons (Fsp3) is 0.900. The van der Waals surface area contributed by atoms with E-state index in [1.165, 1.54) is 11.8 Å². The Bertz CT molecular complexity index is 287. The molecule has 2 rings (SSSR count). The molecule has 0 radical (unpaired) electrons. The molecule has 2 fully saturated rings. The lowest BCUT2D eigenvalue weighted by molar-refractivity contribution is -0.219. The molecule has 0 aromatic rings. The normalized spacial score (nSPS) is 28.9. The first kappa shape index (κ1) is 10.8. The van der Waals surface area contributed by atoms with Gasteiger partial charge in [0.1, 0.15) is 0 Å². The van der Waals surface area contributed by atoms with Gasteiger partial charge in [-0.15, -0.1) is 0 Å². The molecule has 2 heterocycles. The Morgan fingerprint density at radius 3 is 2.27 bits per heavy atom. The monoisotopic (exact) mass is 218 g/mol. The smallest absolute Gasteiger partial charge is 0.273 e. The first-order chi connectivity index (χ1) is 6.86. The molecule has 1 amide bonds. The van der Waals surface area contributed by atoms with Gasteiger partial charge in [0.05, 0.1) is 12.0 Å². The second kappa shape index (κ2) is 3.14. The molecular weight excluding hydrogens is 202 g/mol. The van der Waals surface area contributed by atoms with Gasteiger partial charge in [0.15, 0.2) is 0 Å². The van der Waals surface area contributed by atoms with Crippen molar-refractivity contribution in [3.8, 4) is 0 Å². The maximum absolute atomic E-state index is 13.9. The topological polar surface area (TPSA) is 23.6 Å². The maximum atomic E-state index is 13.9. The number of halogens is 2. The van der Waals surface area contributed by atoms with Gasteiger partial charge in [-0.25, -0.2) is 8.78 Å². The SMILES string of the molecule is CC(=O)N1CCC2(CN(C)C2)C(F)(F)C1. The van der Waals surface area contributed by atoms with Crippen molar-refractivity contribution in [2.45, 2.75) is 19.3 Å². The third-order valence-corrected chi connectivity index (χ3v) is 3.62. The molecule has 3 nitrogen and oxygen atoms in total. The first-order valence-corrected chi connectivity index (χ1v) is 5.18. The minimum absolute atomic E-state index is 0.253. The minimum Gasteiger partial charge on any atom is -0.337 e. The van der Waals surface area contributed by atoms with Gasteiger partial charge in [-0.3, -0.25) is 4.79 Å². The van der Waals surface area contributed by atoms with E-state index < -0.39 is 17.9 Å². The lowest BCUT2D eigenvalue weighted by Gasteiger charge is -2.56. The Kier molecular flexibility index (Phi) is 2.26. The highest BCUT2D eigenvalue weighted by molar-refractivity contribution is 5.73. The van der Waals surface area contributed by atoms with Crippen LogP contribution in [0.25, 0.3) is 0 Å². The molecule has 0 saturated carbocycles. The van der Waals surface area contributed by atoms with Gasteiger partial charge in [-0.2, -0.15) is 0 Å². The molecule has 0 aliphatic carbocycles. The van der Waals surface area contributed by atoms with Crippen LogP contribution in [0.1, 0.15) is 13.3 Å². The van der Waals surface area contributed by atoms with Crippen molar-refractivity contribution < 1.29 is 13.6 Å². The first-order valence-electron chi connectivity index (χ1n) is 5.18. The highest BCUT2D eigenvalue weighted by Crippen LogP contribution is 2.49. The van der Waals surface area contributed by atoms with Crippen LogP contribution in [0.3, 0.4) is 0 Å². The molecule has 2 saturated heterocycles. The van der Waals surface area contributed by atoms with E-state index >= 15 is 0 Å². The summed E-state index contributed by atoms with van der Waals surface area (Å²) in [7, 11) is 1.85. The molecule has 2 aliphatic heterocycles. The molecule has 1 spiro atoms. The number of amides is 1. The molecule has 0 aromatic carbocycles. The summed E-state index contributed by atoms with van der Waals surface area (Å²) in [6.07, 6.45) is 0.421. The number of rotatable bonds is 0. The number of likely N-dealkylation sites (tertiary alicyclic amines) is 2. The summed E-state index contributed by atoms with van der Waals surface area (Å²) < 4.78 is 27.7. The molecule has 15 heavy (non-hydrogen) atoms. The lowest BCUT2D eigenvalue weighted by atomic mass is 9.69. The van der Waals surface area contributed by atoms with Crippen molar-refractivity contribution in [2.75, 3.05) is 33.2 Å². The van der Waals surface area contributed by atoms with E-state index in [0.717, 1.165) is 0 Å². The van der Waals surface area contributed by atoms with Crippen molar-refractivity contribution in [1.29, 1.82) is 0 Å². The van der Waals surface area contributed by atoms with Gasteiger partial charge in [0.25, 0.3) is 5.92 Å². The van der Waals surface area contributed by atoms with Crippen molar-refractivity contribution in [1.82, 2.24) is 9.80 Å². The average molecular weight is 218 g/mol. The molecule has 0 aromatic heterocycles. The Morgan fingerprint density at radius 1 is 1.27 bits per heavy atom. The number of nitrogens with zero attached hydrogens (tertiary/aromatic N) is 2. The van der Waals surface area contributed by atoms with E-state index in [2.05, 4.69) is 0 Å². The summed E-state index contributed by atoms with van der Waals surface area (Å²) >= 11 is 0. The van der Waals surface area contributed by atoms with Crippen molar-refractivity contribution >= 4 is 5.91 Å². The number of carbonyl (C=O) groups is 1. The number of piperidine rings is 1. The zero-order valence-electron chi connectivity index (χ0n) is 9.09. The van der Waals surface area contributed by atoms with Gasteiger partial charge in [0, 0.05) is 26.6 Å². The Morgan fingerprint density at radius 2 is 1.87 bits per heavy atom. The van der Waals surface area contributed by atoms with Gasteiger partial charge in [-0.05, 0) is 13.5 Å². The molecule has 86 valence electrons. The fourth-order valence-electron chi connectivity index (χ4n) is 2.66. The van der Waals surface area contributed by atoms with Gasteiger partial charge in [-0.1, -0.05) is 0 Å². The zero-order chi connectivity index (χ0) is 11.3. The van der Waals surface area contributed by atoms with Crippen LogP contribution in [0, 0.1) is 5.41 Å². The van der Waals surface area contributed by atoms with Crippen LogP contribution in [0.15, 0.2) is 0 Å². The Labute approximate surface area is 88.0 Å². The highest BCUT2D eigenvalue weighted by Gasteiger charge is 2.61. The van der Waals surface area contributed by atoms with Crippen LogP contribution in [0.5, 0.6) is 0 Å². The molecule has 5 heteroatoms. The lowest BCUT2D eigenvalue weighted by Crippen LogP contribution is -2.69. The van der Waals surface area contributed by atoms with Gasteiger partial charge < -0.3 is 9.80 Å². The number of hydrogen-bond donors (Lipinski definition) is 0. The quantitative estimate of drug-likeness (QED) is 0.600. The standard InChI is InChI=1S/C10H16F2N2O/c1-8(15)14-4-3-9(5-13(2)6-9)10(11,12)7-14/h3-7H2,1-2H3. The minimum atomic E-state index is -2.73. The summed E-state index contributed by atoms with van der Waals surface area (Å²) in [6.45, 7) is 2.31. The third-order valence-electron chi connectivity index (χ3n) is 3.62. The van der Waals surface area contributed by atoms with E-state index in [1.54, 1.807) is 0 Å². The summed E-state index contributed by atoms with van der Waals surface area (Å²) in [5.74, 6) is -2.99. The number of hydrogen-bond acceptors (Lipinski definition) is 2. The van der Waals surface area contributed by atoms with Gasteiger partial charge >= 0.3 is 0 Å². The average Bonchev–Trinajstić information content (AvgIpc) is 2.05. The van der Waals surface area contributed by atoms with E-state index in [1.807, 2.05) is 11.9 Å². The third kappa shape index (κ3) is 1.53. The molecular formula is C10H16F2N2O. The second-order valence-electron chi connectivity index (χ2n) is 4.85. The number of alkyl halides is 2. The van der Waals surface area contributed by atoms with Crippen molar-refractivity contribution in [2.24, 2.45) is 5.41 Å². The Balaban J connectivity index is 2.10. The molecule has 0 unspecified atom stereocenters. The largest absolute Gasteiger partial charge is 0.337 e. The summed E-state index contributed by atoms with van der Waals surface area (Å²) in [5.41, 5.74) is -0.867. The highest BCUT2D eigenvalue weighted by atomic mass is 19.3. The van der Waals surface area contributed by atoms with Crippen molar-refractivity contribution in [3.63, 3.8) is 0 Å². The zero-order valence-corrected chi connectivity index (χ0v) is 9.09. The van der Waals surface area contributed by atoms with E-state index in [0.29, 0.717) is 26.1 Å². The van der Waals surface area contributed by atoms with Crippen LogP contribution in [0.2, 0.25) is 0 Å². The van der Waals surface area contributed by atoms with Crippen molar-refractivity contribution in [3.05, 3.63) is 0 Å². The summed E-state index contributed by atoms with van der Waals surface area (Å²) in [5, 5.41) is 0. The molecule has 2 aliphatic rings. The second-order valence-corrected chi connectivity index (χ2v) is 4.85. The van der Waals surface area contributed by atoms with Crippen LogP contribution >= 0.6 is 0 Å². The Hall–Kier alpha value is -0.710. The number of carbonyl (C=O) groups excluding carboxylic acids is 1. The fourth-order valence-corrected chi connectivity index (χ4v) is 2.66. The van der Waals surface area contributed by atoms with E-state index in [9.17, 15) is 13.6 Å². The van der Waals surface area contributed by atoms with Crippen LogP contribution in [0.4, 0.5) is 8.78 Å². The van der Waals surface area contributed by atoms with Crippen LogP contribution < -0.4 is 0 Å². The molecule has 0 bridgehead atoms. The predicted octanol–water partition coefficient (Wildman–Crippen LogP) is 0.806. The maximum Gasteiger partial charge on any atom is 0.273 e. The summed E-state index contributed by atoms with van der Waals surface area (Å²) in [6, 6.07) is 0. The van der Waals surface area contributed by atoms with Crippen LogP contribution in [-0.2, 0) is 4.79 Å².